The molecule has 0 fully saturated rings. The molecule has 0 amide bonds. The Labute approximate surface area is 147 Å². The van der Waals surface area contributed by atoms with Gasteiger partial charge in [-0.25, -0.2) is 8.42 Å². The summed E-state index contributed by atoms with van der Waals surface area (Å²) >= 11 is 14.2. The van der Waals surface area contributed by atoms with Gasteiger partial charge in [0.2, 0.25) is 0 Å². The molecule has 0 unspecified atom stereocenters. The van der Waals surface area contributed by atoms with Crippen molar-refractivity contribution < 1.29 is 13.3 Å². The minimum absolute atomic E-state index is 0.184. The largest absolute Gasteiger partial charge is 0.300 e. The Balaban J connectivity index is 2.38. The van der Waals surface area contributed by atoms with E-state index >= 15 is 0 Å². The normalized spacial score (nSPS) is 11.4. The number of nitrogens with zero attached hydrogens (tertiary/aromatic N) is 1. The van der Waals surface area contributed by atoms with Crippen molar-refractivity contribution in [2.45, 2.75) is 4.21 Å². The third-order valence-electron chi connectivity index (χ3n) is 2.28. The minimum atomic E-state index is -3.99. The first-order valence-electron chi connectivity index (χ1n) is 5.12. The van der Waals surface area contributed by atoms with Crippen LogP contribution in [-0.4, -0.2) is 13.3 Å². The van der Waals surface area contributed by atoms with Gasteiger partial charge >= 0.3 is 0 Å². The SMILES string of the molecule is O=[N+]([O-])c1cc(S(=O)(=O)Nc2ccc(I)cc2Cl)sc1Cl. The van der Waals surface area contributed by atoms with Crippen molar-refractivity contribution in [1.82, 2.24) is 0 Å². The first-order chi connectivity index (χ1) is 9.70. The van der Waals surface area contributed by atoms with Crippen molar-refractivity contribution in [3.8, 4) is 0 Å². The van der Waals surface area contributed by atoms with Crippen LogP contribution in [0.2, 0.25) is 9.36 Å². The standard InChI is InChI=1S/C10H5Cl2IN2O4S2/c11-6-3-5(13)1-2-7(6)14-21(18,19)9-4-8(15(16)17)10(12)20-9/h1-4,14H. The van der Waals surface area contributed by atoms with E-state index in [1.54, 1.807) is 12.1 Å². The highest BCUT2D eigenvalue weighted by molar-refractivity contribution is 14.1. The Morgan fingerprint density at radius 1 is 1.29 bits per heavy atom. The summed E-state index contributed by atoms with van der Waals surface area (Å²) in [6, 6.07) is 5.68. The number of anilines is 1. The van der Waals surface area contributed by atoms with E-state index in [0.717, 1.165) is 9.64 Å². The molecule has 0 radical (unpaired) electrons. The van der Waals surface area contributed by atoms with E-state index in [9.17, 15) is 18.5 Å². The maximum absolute atomic E-state index is 12.2. The Morgan fingerprint density at radius 2 is 1.95 bits per heavy atom. The number of thiophene rings is 1. The molecular formula is C10H5Cl2IN2O4S2. The van der Waals surface area contributed by atoms with Gasteiger partial charge in [0.05, 0.1) is 15.6 Å². The number of hydrogen-bond donors (Lipinski definition) is 1. The first kappa shape index (κ1) is 16.7. The highest BCUT2D eigenvalue weighted by Crippen LogP contribution is 2.37. The van der Waals surface area contributed by atoms with Crippen LogP contribution in [0, 0.1) is 13.7 Å². The van der Waals surface area contributed by atoms with Gasteiger partial charge in [-0.1, -0.05) is 23.2 Å². The zero-order chi connectivity index (χ0) is 15.8. The lowest BCUT2D eigenvalue weighted by Crippen LogP contribution is -2.11. The summed E-state index contributed by atoms with van der Waals surface area (Å²) in [6.07, 6.45) is 0. The van der Waals surface area contributed by atoms with Crippen LogP contribution < -0.4 is 4.72 Å². The fourth-order valence-corrected chi connectivity index (χ4v) is 5.07. The second-order valence-corrected chi connectivity index (χ2v) is 8.93. The average molecular weight is 479 g/mol. The molecule has 1 heterocycles. The molecule has 0 saturated heterocycles. The van der Waals surface area contributed by atoms with Crippen LogP contribution in [0.25, 0.3) is 0 Å². The summed E-state index contributed by atoms with van der Waals surface area (Å²) in [5, 5.41) is 10.9. The highest BCUT2D eigenvalue weighted by Gasteiger charge is 2.25. The predicted octanol–water partition coefficient (Wildman–Crippen LogP) is 4.37. The molecule has 0 aliphatic rings. The van der Waals surface area contributed by atoms with Gasteiger partial charge in [-0.15, -0.1) is 11.3 Å². The van der Waals surface area contributed by atoms with Crippen molar-refractivity contribution in [1.29, 1.82) is 0 Å². The summed E-state index contributed by atoms with van der Waals surface area (Å²) in [4.78, 5) is 9.96. The van der Waals surface area contributed by atoms with Gasteiger partial charge in [-0.2, -0.15) is 0 Å². The van der Waals surface area contributed by atoms with Crippen molar-refractivity contribution in [3.05, 3.63) is 47.3 Å². The van der Waals surface area contributed by atoms with Crippen molar-refractivity contribution >= 4 is 78.5 Å². The van der Waals surface area contributed by atoms with Gasteiger partial charge in [0.25, 0.3) is 15.7 Å². The summed E-state index contributed by atoms with van der Waals surface area (Å²) < 4.78 is 27.0. The van der Waals surface area contributed by atoms with Crippen LogP contribution >= 0.6 is 57.1 Å². The molecule has 2 rings (SSSR count). The van der Waals surface area contributed by atoms with Crippen molar-refractivity contribution in [2.75, 3.05) is 4.72 Å². The molecule has 2 aromatic rings. The van der Waals surface area contributed by atoms with Crippen LogP contribution in [-0.2, 0) is 10.0 Å². The van der Waals surface area contributed by atoms with Crippen molar-refractivity contribution in [2.24, 2.45) is 0 Å². The molecule has 1 aromatic carbocycles. The molecule has 0 saturated carbocycles. The average Bonchev–Trinajstić information content (AvgIpc) is 2.76. The molecule has 0 bridgehead atoms. The second kappa shape index (κ2) is 6.24. The molecule has 11 heteroatoms. The number of rotatable bonds is 4. The fraction of sp³-hybridized carbons (Fsp3) is 0. The zero-order valence-electron chi connectivity index (χ0n) is 9.84. The molecule has 1 N–H and O–H groups in total. The molecule has 1 aromatic heterocycles. The summed E-state index contributed by atoms with van der Waals surface area (Å²) in [5.41, 5.74) is -0.264. The maximum Gasteiger partial charge on any atom is 0.300 e. The quantitative estimate of drug-likeness (QED) is 0.401. The Morgan fingerprint density at radius 3 is 2.48 bits per heavy atom. The van der Waals surface area contributed by atoms with E-state index in [1.165, 1.54) is 6.07 Å². The monoisotopic (exact) mass is 478 g/mol. The Hall–Kier alpha value is -0.620. The molecule has 0 atom stereocenters. The smallest absolute Gasteiger partial charge is 0.277 e. The first-order valence-corrected chi connectivity index (χ1v) is 9.26. The Bertz CT molecular complexity index is 822. The number of benzene rings is 1. The lowest BCUT2D eigenvalue weighted by Gasteiger charge is -2.08. The molecular weight excluding hydrogens is 474 g/mol. The zero-order valence-corrected chi connectivity index (χ0v) is 15.1. The van der Waals surface area contributed by atoms with E-state index in [-0.39, 0.29) is 19.3 Å². The number of sulfonamides is 1. The molecule has 112 valence electrons. The Kier molecular flexibility index (Phi) is 4.98. The van der Waals surface area contributed by atoms with Gasteiger partial charge in [0, 0.05) is 9.64 Å². The third kappa shape index (κ3) is 3.77. The molecule has 0 aliphatic carbocycles. The second-order valence-electron chi connectivity index (χ2n) is 3.71. The lowest BCUT2D eigenvalue weighted by atomic mass is 10.3. The van der Waals surface area contributed by atoms with Crippen LogP contribution in [0.3, 0.4) is 0 Å². The maximum atomic E-state index is 12.2. The van der Waals surface area contributed by atoms with Crippen LogP contribution in [0.5, 0.6) is 0 Å². The number of halogens is 3. The number of hydrogen-bond acceptors (Lipinski definition) is 5. The summed E-state index contributed by atoms with van der Waals surface area (Å²) in [7, 11) is -3.99. The molecule has 21 heavy (non-hydrogen) atoms. The van der Waals surface area contributed by atoms with Gasteiger partial charge in [0.15, 0.2) is 4.34 Å². The van der Waals surface area contributed by atoms with E-state index in [2.05, 4.69) is 4.72 Å². The van der Waals surface area contributed by atoms with Crippen LogP contribution in [0.1, 0.15) is 0 Å². The fourth-order valence-electron chi connectivity index (χ4n) is 1.36. The molecule has 0 spiro atoms. The third-order valence-corrected chi connectivity index (χ3v) is 6.44. The summed E-state index contributed by atoms with van der Waals surface area (Å²) in [5.74, 6) is 0. The number of nitrogens with one attached hydrogen (secondary N) is 1. The summed E-state index contributed by atoms with van der Waals surface area (Å²) in [6.45, 7) is 0. The molecule has 0 aliphatic heterocycles. The van der Waals surface area contributed by atoms with Crippen molar-refractivity contribution in [3.63, 3.8) is 0 Å². The van der Waals surface area contributed by atoms with Gasteiger partial charge < -0.3 is 0 Å². The van der Waals surface area contributed by atoms with Gasteiger partial charge in [0.1, 0.15) is 4.21 Å². The predicted molar refractivity (Wildman–Crippen MR) is 91.0 cm³/mol. The van der Waals surface area contributed by atoms with E-state index < -0.39 is 20.6 Å². The van der Waals surface area contributed by atoms with E-state index in [1.807, 2.05) is 22.6 Å². The highest BCUT2D eigenvalue weighted by atomic mass is 127. The number of nitro groups is 1. The van der Waals surface area contributed by atoms with E-state index in [0.29, 0.717) is 11.3 Å². The lowest BCUT2D eigenvalue weighted by molar-refractivity contribution is -0.384. The van der Waals surface area contributed by atoms with Gasteiger partial charge in [-0.3, -0.25) is 14.8 Å². The topological polar surface area (TPSA) is 89.3 Å². The molecule has 6 nitrogen and oxygen atoms in total. The minimum Gasteiger partial charge on any atom is -0.277 e. The van der Waals surface area contributed by atoms with Crippen LogP contribution in [0.4, 0.5) is 11.4 Å². The van der Waals surface area contributed by atoms with Gasteiger partial charge in [-0.05, 0) is 40.8 Å². The van der Waals surface area contributed by atoms with Crippen LogP contribution in [0.15, 0.2) is 28.5 Å². The van der Waals surface area contributed by atoms with E-state index in [4.69, 9.17) is 23.2 Å².